The maximum atomic E-state index is 12.6. The summed E-state index contributed by atoms with van der Waals surface area (Å²) in [6.45, 7) is 2.04. The molecule has 1 aliphatic carbocycles. The minimum atomic E-state index is -1.30. The average molecular weight is 308 g/mol. The largest absolute Gasteiger partial charge is 0.496 e. The van der Waals surface area contributed by atoms with Crippen LogP contribution in [-0.2, 0) is 15.9 Å². The Balaban J connectivity index is 2.03. The van der Waals surface area contributed by atoms with Crippen LogP contribution in [0.4, 0.5) is 0 Å². The highest BCUT2D eigenvalue weighted by atomic mass is 16.7. The zero-order chi connectivity index (χ0) is 15.9. The molecule has 0 amide bonds. The minimum absolute atomic E-state index is 0.0235. The van der Waals surface area contributed by atoms with Gasteiger partial charge in [-0.3, -0.25) is 4.79 Å². The van der Waals surface area contributed by atoms with Gasteiger partial charge >= 0.3 is 0 Å². The smallest absolute Gasteiger partial charge is 0.170 e. The van der Waals surface area contributed by atoms with Crippen molar-refractivity contribution in [1.82, 2.24) is 0 Å². The number of ether oxygens (including phenoxy) is 4. The Morgan fingerprint density at radius 3 is 2.50 bits per heavy atom. The first-order valence-corrected chi connectivity index (χ1v) is 7.25. The summed E-state index contributed by atoms with van der Waals surface area (Å²) in [6.07, 6.45) is -0.673. The Hall–Kier alpha value is -1.63. The summed E-state index contributed by atoms with van der Waals surface area (Å²) in [7, 11) is 3.06. The van der Waals surface area contributed by atoms with Gasteiger partial charge in [-0.1, -0.05) is 0 Å². The molecule has 1 heterocycles. The molecule has 0 bridgehead atoms. The van der Waals surface area contributed by atoms with Crippen LogP contribution >= 0.6 is 0 Å². The molecule has 1 N–H and O–H groups in total. The molecule has 0 spiro atoms. The topological polar surface area (TPSA) is 74.2 Å². The third-order valence-electron chi connectivity index (χ3n) is 4.34. The van der Waals surface area contributed by atoms with E-state index >= 15 is 0 Å². The number of Topliss-reactive ketones (excluding diaryl/α,β-unsaturated/α-hetero) is 1. The second-order valence-corrected chi connectivity index (χ2v) is 5.73. The third kappa shape index (κ3) is 2.37. The Labute approximate surface area is 128 Å². The van der Waals surface area contributed by atoms with E-state index in [4.69, 9.17) is 18.9 Å². The first kappa shape index (κ1) is 15.3. The Morgan fingerprint density at radius 2 is 1.91 bits per heavy atom. The van der Waals surface area contributed by atoms with Crippen molar-refractivity contribution in [3.8, 4) is 11.5 Å². The average Bonchev–Trinajstić information content (AvgIpc) is 2.93. The van der Waals surface area contributed by atoms with Crippen molar-refractivity contribution in [2.75, 3.05) is 20.8 Å². The summed E-state index contributed by atoms with van der Waals surface area (Å²) in [4.78, 5) is 12.6. The minimum Gasteiger partial charge on any atom is -0.496 e. The van der Waals surface area contributed by atoms with Gasteiger partial charge < -0.3 is 24.1 Å². The molecule has 1 aromatic rings. The predicted molar refractivity (Wildman–Crippen MR) is 77.4 cm³/mol. The highest BCUT2D eigenvalue weighted by molar-refractivity contribution is 6.02. The van der Waals surface area contributed by atoms with E-state index in [0.717, 1.165) is 0 Å². The highest BCUT2D eigenvalue weighted by Crippen LogP contribution is 2.42. The maximum absolute atomic E-state index is 12.6. The molecule has 1 aromatic carbocycles. The van der Waals surface area contributed by atoms with Crippen LogP contribution in [0.3, 0.4) is 0 Å². The summed E-state index contributed by atoms with van der Waals surface area (Å²) in [5, 5.41) is 11.0. The number of aliphatic hydroxyl groups is 1. The van der Waals surface area contributed by atoms with Crippen molar-refractivity contribution in [1.29, 1.82) is 0 Å². The van der Waals surface area contributed by atoms with E-state index in [2.05, 4.69) is 0 Å². The number of benzene rings is 1. The van der Waals surface area contributed by atoms with E-state index < -0.39 is 11.7 Å². The molecule has 6 heteroatoms. The van der Waals surface area contributed by atoms with Crippen LogP contribution in [0.2, 0.25) is 0 Å². The van der Waals surface area contributed by atoms with Crippen LogP contribution in [0.5, 0.6) is 11.5 Å². The molecule has 1 fully saturated rings. The monoisotopic (exact) mass is 308 g/mol. The number of hydrogen-bond donors (Lipinski definition) is 1. The van der Waals surface area contributed by atoms with Crippen LogP contribution in [0.15, 0.2) is 12.1 Å². The van der Waals surface area contributed by atoms with Gasteiger partial charge in [-0.2, -0.15) is 0 Å². The van der Waals surface area contributed by atoms with E-state index in [9.17, 15) is 9.90 Å². The normalized spacial score (nSPS) is 31.0. The SMILES string of the molecule is COc1ccc(OC)c2c1CC(O)(C1CO[C@H](C)O1)CC2=O. The van der Waals surface area contributed by atoms with E-state index in [1.165, 1.54) is 14.2 Å². The number of ketones is 1. The lowest BCUT2D eigenvalue weighted by molar-refractivity contribution is -0.112. The fourth-order valence-electron chi connectivity index (χ4n) is 3.23. The summed E-state index contributed by atoms with van der Waals surface area (Å²) in [5.41, 5.74) is -0.156. The molecule has 3 atom stereocenters. The van der Waals surface area contributed by atoms with E-state index in [-0.39, 0.29) is 31.5 Å². The molecule has 6 nitrogen and oxygen atoms in total. The number of carbonyl (C=O) groups is 1. The van der Waals surface area contributed by atoms with E-state index in [1.54, 1.807) is 19.1 Å². The lowest BCUT2D eigenvalue weighted by Crippen LogP contribution is -2.50. The van der Waals surface area contributed by atoms with Crippen molar-refractivity contribution in [3.05, 3.63) is 23.3 Å². The van der Waals surface area contributed by atoms with Crippen molar-refractivity contribution >= 4 is 5.78 Å². The van der Waals surface area contributed by atoms with Crippen molar-refractivity contribution in [2.24, 2.45) is 0 Å². The summed E-state index contributed by atoms with van der Waals surface area (Å²) in [5.74, 6) is 0.886. The Morgan fingerprint density at radius 1 is 1.23 bits per heavy atom. The summed E-state index contributed by atoms with van der Waals surface area (Å²) < 4.78 is 21.6. The van der Waals surface area contributed by atoms with Crippen molar-refractivity contribution in [2.45, 2.75) is 37.8 Å². The molecule has 120 valence electrons. The van der Waals surface area contributed by atoms with Gasteiger partial charge in [0.1, 0.15) is 23.2 Å². The highest BCUT2D eigenvalue weighted by Gasteiger charge is 2.48. The second kappa shape index (κ2) is 5.53. The van der Waals surface area contributed by atoms with Gasteiger partial charge in [0.25, 0.3) is 0 Å². The van der Waals surface area contributed by atoms with Crippen molar-refractivity contribution < 1.29 is 28.8 Å². The molecule has 2 unspecified atom stereocenters. The summed E-state index contributed by atoms with van der Waals surface area (Å²) in [6, 6.07) is 3.45. The van der Waals surface area contributed by atoms with Gasteiger partial charge in [0.15, 0.2) is 12.1 Å². The molecular weight excluding hydrogens is 288 g/mol. The fraction of sp³-hybridized carbons (Fsp3) is 0.562. The summed E-state index contributed by atoms with van der Waals surface area (Å²) >= 11 is 0. The molecular formula is C16H20O6. The molecule has 2 aliphatic rings. The second-order valence-electron chi connectivity index (χ2n) is 5.73. The molecule has 0 radical (unpaired) electrons. The quantitative estimate of drug-likeness (QED) is 0.908. The van der Waals surface area contributed by atoms with Gasteiger partial charge in [-0.05, 0) is 19.1 Å². The van der Waals surface area contributed by atoms with Gasteiger partial charge in [-0.25, -0.2) is 0 Å². The van der Waals surface area contributed by atoms with Crippen LogP contribution in [0.25, 0.3) is 0 Å². The first-order chi connectivity index (χ1) is 10.5. The molecule has 3 rings (SSSR count). The van der Waals surface area contributed by atoms with Crippen LogP contribution in [-0.4, -0.2) is 49.7 Å². The first-order valence-electron chi connectivity index (χ1n) is 7.25. The van der Waals surface area contributed by atoms with E-state index in [0.29, 0.717) is 22.6 Å². The third-order valence-corrected chi connectivity index (χ3v) is 4.34. The number of carbonyl (C=O) groups excluding carboxylic acids is 1. The molecule has 1 aliphatic heterocycles. The molecule has 0 aromatic heterocycles. The van der Waals surface area contributed by atoms with Crippen molar-refractivity contribution in [3.63, 3.8) is 0 Å². The van der Waals surface area contributed by atoms with Crippen LogP contribution in [0.1, 0.15) is 29.3 Å². The van der Waals surface area contributed by atoms with E-state index in [1.807, 2.05) is 0 Å². The zero-order valence-corrected chi connectivity index (χ0v) is 12.9. The number of rotatable bonds is 3. The number of hydrogen-bond acceptors (Lipinski definition) is 6. The van der Waals surface area contributed by atoms with Crippen LogP contribution in [0, 0.1) is 0 Å². The lowest BCUT2D eigenvalue weighted by atomic mass is 9.76. The number of methoxy groups -OCH3 is 2. The predicted octanol–water partition coefficient (Wildman–Crippen LogP) is 1.33. The lowest BCUT2D eigenvalue weighted by Gasteiger charge is -2.37. The maximum Gasteiger partial charge on any atom is 0.170 e. The van der Waals surface area contributed by atoms with Gasteiger partial charge in [0, 0.05) is 18.4 Å². The van der Waals surface area contributed by atoms with Crippen LogP contribution < -0.4 is 9.47 Å². The Kier molecular flexibility index (Phi) is 3.84. The standard InChI is InChI=1S/C16H20O6/c1-9-21-8-14(22-9)16(18)6-10-12(19-2)4-5-13(20-3)15(10)11(17)7-16/h4-5,9,14,18H,6-8H2,1-3H3/t9-,14?,16?/m0/s1. The van der Waals surface area contributed by atoms with Gasteiger partial charge in [0.2, 0.25) is 0 Å². The van der Waals surface area contributed by atoms with Gasteiger partial charge in [0.05, 0.1) is 26.4 Å². The number of fused-ring (bicyclic) bond motifs is 1. The molecule has 0 saturated carbocycles. The Bertz CT molecular complexity index is 599. The molecule has 22 heavy (non-hydrogen) atoms. The fourth-order valence-corrected chi connectivity index (χ4v) is 3.23. The zero-order valence-electron chi connectivity index (χ0n) is 12.9. The van der Waals surface area contributed by atoms with Gasteiger partial charge in [-0.15, -0.1) is 0 Å². The molecule has 1 saturated heterocycles.